The van der Waals surface area contributed by atoms with Crippen LogP contribution in [-0.2, 0) is 23.8 Å². The van der Waals surface area contributed by atoms with E-state index in [0.29, 0.717) is 13.2 Å². The summed E-state index contributed by atoms with van der Waals surface area (Å²) in [7, 11) is 0. The van der Waals surface area contributed by atoms with Gasteiger partial charge in [-0.1, -0.05) is 0 Å². The predicted octanol–water partition coefficient (Wildman–Crippen LogP) is 0.992. The fraction of sp³-hybridized carbons (Fsp3) is 0.500. The van der Waals surface area contributed by atoms with Crippen molar-refractivity contribution in [2.24, 2.45) is 0 Å². The van der Waals surface area contributed by atoms with E-state index in [9.17, 15) is 9.59 Å². The van der Waals surface area contributed by atoms with Crippen molar-refractivity contribution in [3.63, 3.8) is 0 Å². The Morgan fingerprint density at radius 1 is 1.00 bits per heavy atom. The lowest BCUT2D eigenvalue weighted by Crippen LogP contribution is -2.01. The van der Waals surface area contributed by atoms with Crippen LogP contribution in [0.5, 0.6) is 0 Å². The van der Waals surface area contributed by atoms with Gasteiger partial charge < -0.3 is 14.2 Å². The summed E-state index contributed by atoms with van der Waals surface area (Å²) >= 11 is 0. The second kappa shape index (κ2) is 6.85. The molecule has 0 bridgehead atoms. The summed E-state index contributed by atoms with van der Waals surface area (Å²) in [4.78, 5) is 22.0. The molecule has 0 spiro atoms. The van der Waals surface area contributed by atoms with Gasteiger partial charge in [0, 0.05) is 12.2 Å². The number of esters is 2. The normalized spacial score (nSPS) is 22.9. The van der Waals surface area contributed by atoms with Gasteiger partial charge >= 0.3 is 11.9 Å². The van der Waals surface area contributed by atoms with E-state index in [2.05, 4.69) is 0 Å². The van der Waals surface area contributed by atoms with Crippen LogP contribution in [0, 0.1) is 0 Å². The van der Waals surface area contributed by atoms with Gasteiger partial charge in [0.1, 0.15) is 12.2 Å². The Kier molecular flexibility index (Phi) is 5.42. The molecule has 1 rings (SSSR count). The molecule has 0 N–H and O–H groups in total. The molecule has 94 valence electrons. The molecule has 1 saturated heterocycles. The first-order chi connectivity index (χ1) is 8.17. The lowest BCUT2D eigenvalue weighted by Gasteiger charge is -1.93. The molecule has 0 saturated carbocycles. The molecule has 0 aliphatic carbocycles. The molecular weight excluding hydrogens is 224 g/mol. The summed E-state index contributed by atoms with van der Waals surface area (Å²) in [5.41, 5.74) is 0. The Bertz CT molecular complexity index is 300. The number of hydrogen-bond acceptors (Lipinski definition) is 5. The fourth-order valence-corrected chi connectivity index (χ4v) is 1.17. The van der Waals surface area contributed by atoms with Crippen molar-refractivity contribution >= 4 is 11.9 Å². The summed E-state index contributed by atoms with van der Waals surface area (Å²) in [6.07, 6.45) is 5.55. The van der Waals surface area contributed by atoms with Crippen molar-refractivity contribution in [1.82, 2.24) is 0 Å². The van der Waals surface area contributed by atoms with Gasteiger partial charge in [-0.05, 0) is 26.0 Å². The predicted molar refractivity (Wildman–Crippen MR) is 60.2 cm³/mol. The standard InChI is InChI=1S/C12H16O5/c1-3-15-11(13)7-5-9-10(17-9)6-8-12(14)16-4-2/h5-10H,3-4H2,1-2H3. The van der Waals surface area contributed by atoms with Crippen LogP contribution in [0.15, 0.2) is 24.3 Å². The van der Waals surface area contributed by atoms with Crippen molar-refractivity contribution in [2.75, 3.05) is 13.2 Å². The van der Waals surface area contributed by atoms with E-state index in [-0.39, 0.29) is 12.2 Å². The minimum atomic E-state index is -0.392. The molecule has 17 heavy (non-hydrogen) atoms. The van der Waals surface area contributed by atoms with Gasteiger partial charge in [-0.3, -0.25) is 0 Å². The van der Waals surface area contributed by atoms with Gasteiger partial charge in [-0.25, -0.2) is 9.59 Å². The van der Waals surface area contributed by atoms with Crippen molar-refractivity contribution in [2.45, 2.75) is 26.1 Å². The Morgan fingerprint density at radius 3 is 1.76 bits per heavy atom. The van der Waals surface area contributed by atoms with Crippen LogP contribution in [0.4, 0.5) is 0 Å². The van der Waals surface area contributed by atoms with E-state index < -0.39 is 11.9 Å². The molecule has 0 aromatic rings. The van der Waals surface area contributed by atoms with Gasteiger partial charge in [0.25, 0.3) is 0 Å². The molecular formula is C12H16O5. The lowest BCUT2D eigenvalue weighted by atomic mass is 10.2. The zero-order valence-electron chi connectivity index (χ0n) is 9.92. The van der Waals surface area contributed by atoms with E-state index in [1.165, 1.54) is 12.2 Å². The van der Waals surface area contributed by atoms with Crippen LogP contribution in [-0.4, -0.2) is 37.4 Å². The highest BCUT2D eigenvalue weighted by Crippen LogP contribution is 2.24. The first kappa shape index (κ1) is 13.4. The molecule has 1 fully saturated rings. The largest absolute Gasteiger partial charge is 0.463 e. The first-order valence-electron chi connectivity index (χ1n) is 5.52. The smallest absolute Gasteiger partial charge is 0.330 e. The highest BCUT2D eigenvalue weighted by molar-refractivity contribution is 5.82. The molecule has 0 aromatic carbocycles. The van der Waals surface area contributed by atoms with Crippen molar-refractivity contribution in [1.29, 1.82) is 0 Å². The third-order valence-electron chi connectivity index (χ3n) is 1.98. The van der Waals surface area contributed by atoms with E-state index >= 15 is 0 Å². The summed E-state index contributed by atoms with van der Waals surface area (Å²) in [5.74, 6) is -0.785. The van der Waals surface area contributed by atoms with Gasteiger partial charge in [0.2, 0.25) is 0 Å². The zero-order valence-corrected chi connectivity index (χ0v) is 9.92. The van der Waals surface area contributed by atoms with Crippen molar-refractivity contribution < 1.29 is 23.8 Å². The number of epoxide rings is 1. The SMILES string of the molecule is CCOC(=O)C=CC1OC1C=CC(=O)OCC. The number of carbonyl (C=O) groups excluding carboxylic acids is 2. The van der Waals surface area contributed by atoms with Crippen LogP contribution in [0.25, 0.3) is 0 Å². The van der Waals surface area contributed by atoms with Crippen molar-refractivity contribution in [3.8, 4) is 0 Å². The molecule has 1 aliphatic rings. The van der Waals surface area contributed by atoms with Crippen LogP contribution in [0.3, 0.4) is 0 Å². The van der Waals surface area contributed by atoms with Gasteiger partial charge in [0.05, 0.1) is 13.2 Å². The minimum Gasteiger partial charge on any atom is -0.463 e. The topological polar surface area (TPSA) is 65.1 Å². The first-order valence-corrected chi connectivity index (χ1v) is 5.52. The second-order valence-corrected chi connectivity index (χ2v) is 3.29. The molecule has 2 atom stereocenters. The molecule has 1 aliphatic heterocycles. The van der Waals surface area contributed by atoms with Gasteiger partial charge in [-0.2, -0.15) is 0 Å². The second-order valence-electron chi connectivity index (χ2n) is 3.29. The molecule has 2 unspecified atom stereocenters. The maximum atomic E-state index is 11.0. The Labute approximate surface area is 100 Å². The molecule has 5 nitrogen and oxygen atoms in total. The maximum Gasteiger partial charge on any atom is 0.330 e. The van der Waals surface area contributed by atoms with Crippen LogP contribution >= 0.6 is 0 Å². The summed E-state index contributed by atoms with van der Waals surface area (Å²) in [5, 5.41) is 0. The number of ether oxygens (including phenoxy) is 3. The van der Waals surface area contributed by atoms with E-state index in [0.717, 1.165) is 0 Å². The quantitative estimate of drug-likeness (QED) is 0.393. The van der Waals surface area contributed by atoms with Crippen molar-refractivity contribution in [3.05, 3.63) is 24.3 Å². The summed E-state index contributed by atoms with van der Waals surface area (Å²) in [6, 6.07) is 0. The molecule has 0 aromatic heterocycles. The van der Waals surface area contributed by atoms with Crippen LogP contribution < -0.4 is 0 Å². The average Bonchev–Trinajstić information content (AvgIpc) is 3.03. The number of carbonyl (C=O) groups is 2. The fourth-order valence-electron chi connectivity index (χ4n) is 1.17. The van der Waals surface area contributed by atoms with Crippen LogP contribution in [0.2, 0.25) is 0 Å². The highest BCUT2D eigenvalue weighted by Gasteiger charge is 2.34. The molecule has 5 heteroatoms. The Balaban J connectivity index is 2.25. The Morgan fingerprint density at radius 2 is 1.41 bits per heavy atom. The number of rotatable bonds is 6. The average molecular weight is 240 g/mol. The Hall–Kier alpha value is -1.62. The molecule has 1 heterocycles. The molecule has 0 amide bonds. The van der Waals surface area contributed by atoms with E-state index in [1.54, 1.807) is 26.0 Å². The zero-order chi connectivity index (χ0) is 12.7. The minimum absolute atomic E-state index is 0.162. The third-order valence-corrected chi connectivity index (χ3v) is 1.98. The van der Waals surface area contributed by atoms with Gasteiger partial charge in [-0.15, -0.1) is 0 Å². The van der Waals surface area contributed by atoms with E-state index in [4.69, 9.17) is 14.2 Å². The molecule has 0 radical (unpaired) electrons. The summed E-state index contributed by atoms with van der Waals surface area (Å²) in [6.45, 7) is 4.18. The lowest BCUT2D eigenvalue weighted by molar-refractivity contribution is -0.138. The maximum absolute atomic E-state index is 11.0. The summed E-state index contributed by atoms with van der Waals surface area (Å²) < 4.78 is 14.6. The highest BCUT2D eigenvalue weighted by atomic mass is 16.6. The monoisotopic (exact) mass is 240 g/mol. The van der Waals surface area contributed by atoms with Gasteiger partial charge in [0.15, 0.2) is 0 Å². The number of hydrogen-bond donors (Lipinski definition) is 0. The van der Waals surface area contributed by atoms with E-state index in [1.807, 2.05) is 0 Å². The third kappa shape index (κ3) is 5.31. The van der Waals surface area contributed by atoms with Crippen LogP contribution in [0.1, 0.15) is 13.8 Å².